The Labute approximate surface area is 125 Å². The van der Waals surface area contributed by atoms with Crippen molar-refractivity contribution in [3.63, 3.8) is 0 Å². The molecule has 3 unspecified atom stereocenters. The van der Waals surface area contributed by atoms with E-state index in [1.54, 1.807) is 0 Å². The summed E-state index contributed by atoms with van der Waals surface area (Å²) in [5, 5.41) is 15.1. The first kappa shape index (κ1) is 14.6. The molecule has 21 heavy (non-hydrogen) atoms. The van der Waals surface area contributed by atoms with E-state index in [2.05, 4.69) is 15.5 Å². The number of piperidine rings is 3. The minimum atomic E-state index is -0.725. The second-order valence-electron chi connectivity index (χ2n) is 6.73. The first-order valence-corrected chi connectivity index (χ1v) is 8.13. The van der Waals surface area contributed by atoms with Crippen LogP contribution in [0.25, 0.3) is 0 Å². The molecule has 118 valence electrons. The molecule has 3 N–H and O–H groups in total. The van der Waals surface area contributed by atoms with Crippen molar-refractivity contribution in [3.05, 3.63) is 0 Å². The van der Waals surface area contributed by atoms with E-state index in [4.69, 9.17) is 5.11 Å². The summed E-state index contributed by atoms with van der Waals surface area (Å²) in [6.45, 7) is 3.75. The predicted octanol–water partition coefficient (Wildman–Crippen LogP) is 0.881. The Kier molecular flexibility index (Phi) is 4.33. The van der Waals surface area contributed by atoms with E-state index in [1.807, 2.05) is 0 Å². The monoisotopic (exact) mass is 295 g/mol. The van der Waals surface area contributed by atoms with Crippen LogP contribution in [0, 0.1) is 17.8 Å². The molecule has 6 nitrogen and oxygen atoms in total. The van der Waals surface area contributed by atoms with Crippen LogP contribution >= 0.6 is 0 Å². The molecule has 0 aromatic heterocycles. The van der Waals surface area contributed by atoms with Crippen molar-refractivity contribution in [2.45, 2.75) is 38.1 Å². The average Bonchev–Trinajstić information content (AvgIpc) is 2.95. The number of carboxylic acid groups (broad SMARTS) is 1. The average molecular weight is 295 g/mol. The molecule has 1 saturated carbocycles. The molecule has 3 atom stereocenters. The number of carbonyl (C=O) groups excluding carboxylic acids is 1. The van der Waals surface area contributed by atoms with Gasteiger partial charge in [0.05, 0.1) is 5.92 Å². The third-order valence-corrected chi connectivity index (χ3v) is 5.47. The van der Waals surface area contributed by atoms with Crippen molar-refractivity contribution in [1.82, 2.24) is 15.5 Å². The number of carboxylic acids is 1. The van der Waals surface area contributed by atoms with Crippen LogP contribution < -0.4 is 10.6 Å². The molecule has 6 heteroatoms. The summed E-state index contributed by atoms with van der Waals surface area (Å²) < 4.78 is 0. The lowest BCUT2D eigenvalue weighted by atomic mass is 9.84. The van der Waals surface area contributed by atoms with Gasteiger partial charge in [0.1, 0.15) is 0 Å². The zero-order valence-electron chi connectivity index (χ0n) is 12.4. The van der Waals surface area contributed by atoms with E-state index in [-0.39, 0.29) is 23.9 Å². The summed E-state index contributed by atoms with van der Waals surface area (Å²) in [4.78, 5) is 25.6. The van der Waals surface area contributed by atoms with Crippen LogP contribution in [0.3, 0.4) is 0 Å². The van der Waals surface area contributed by atoms with Gasteiger partial charge in [0.2, 0.25) is 0 Å². The largest absolute Gasteiger partial charge is 0.481 e. The van der Waals surface area contributed by atoms with Gasteiger partial charge in [-0.15, -0.1) is 0 Å². The van der Waals surface area contributed by atoms with Crippen molar-refractivity contribution >= 4 is 12.0 Å². The van der Waals surface area contributed by atoms with E-state index in [1.165, 1.54) is 12.8 Å². The van der Waals surface area contributed by atoms with Crippen LogP contribution in [-0.2, 0) is 4.79 Å². The van der Waals surface area contributed by atoms with Gasteiger partial charge in [0.15, 0.2) is 0 Å². The lowest BCUT2D eigenvalue weighted by Gasteiger charge is -2.44. The summed E-state index contributed by atoms with van der Waals surface area (Å²) in [5.74, 6) is -0.321. The molecule has 3 saturated heterocycles. The number of hydrogen-bond acceptors (Lipinski definition) is 3. The molecule has 3 heterocycles. The van der Waals surface area contributed by atoms with Crippen molar-refractivity contribution in [1.29, 1.82) is 0 Å². The molecule has 4 rings (SSSR count). The maximum absolute atomic E-state index is 12.0. The first-order valence-electron chi connectivity index (χ1n) is 8.13. The molecular weight excluding hydrogens is 270 g/mol. The topological polar surface area (TPSA) is 81.7 Å². The summed E-state index contributed by atoms with van der Waals surface area (Å²) in [6, 6.07) is 0.121. The molecular formula is C15H25N3O3. The van der Waals surface area contributed by atoms with Crippen LogP contribution in [0.2, 0.25) is 0 Å². The van der Waals surface area contributed by atoms with E-state index < -0.39 is 5.97 Å². The minimum Gasteiger partial charge on any atom is -0.481 e. The molecule has 4 fully saturated rings. The second-order valence-corrected chi connectivity index (χ2v) is 6.73. The zero-order valence-corrected chi connectivity index (χ0v) is 12.4. The van der Waals surface area contributed by atoms with E-state index >= 15 is 0 Å². The van der Waals surface area contributed by atoms with E-state index in [0.29, 0.717) is 12.5 Å². The number of carbonyl (C=O) groups is 2. The number of amides is 2. The number of fused-ring (bicyclic) bond motifs is 3. The van der Waals surface area contributed by atoms with Gasteiger partial charge in [0, 0.05) is 19.1 Å². The van der Waals surface area contributed by atoms with Gasteiger partial charge >= 0.3 is 12.0 Å². The van der Waals surface area contributed by atoms with Gasteiger partial charge in [-0.3, -0.25) is 4.79 Å². The Morgan fingerprint density at radius 2 is 1.90 bits per heavy atom. The molecule has 0 aromatic carbocycles. The molecule has 3 aliphatic heterocycles. The lowest BCUT2D eigenvalue weighted by Crippen LogP contribution is -2.58. The fraction of sp³-hybridized carbons (Fsp3) is 0.867. The number of nitrogens with one attached hydrogen (secondary N) is 2. The van der Waals surface area contributed by atoms with Crippen LogP contribution in [0.1, 0.15) is 32.1 Å². The van der Waals surface area contributed by atoms with Crippen molar-refractivity contribution in [2.75, 3.05) is 26.2 Å². The minimum absolute atomic E-state index is 0.0832. The van der Waals surface area contributed by atoms with Crippen LogP contribution in [-0.4, -0.2) is 54.2 Å². The highest BCUT2D eigenvalue weighted by Crippen LogP contribution is 2.31. The fourth-order valence-corrected chi connectivity index (χ4v) is 4.18. The van der Waals surface area contributed by atoms with Crippen molar-refractivity contribution in [2.24, 2.45) is 17.8 Å². The molecule has 2 amide bonds. The molecule has 4 aliphatic rings. The number of nitrogens with zero attached hydrogens (tertiary/aromatic N) is 1. The quantitative estimate of drug-likeness (QED) is 0.719. The summed E-state index contributed by atoms with van der Waals surface area (Å²) >= 11 is 0. The highest BCUT2D eigenvalue weighted by molar-refractivity contribution is 5.74. The second kappa shape index (κ2) is 6.22. The summed E-state index contributed by atoms with van der Waals surface area (Å²) in [6.07, 6.45) is 4.94. The normalized spacial score (nSPS) is 38.2. The Hall–Kier alpha value is -1.30. The number of aliphatic carboxylic acids is 1. The highest BCUT2D eigenvalue weighted by Gasteiger charge is 2.36. The van der Waals surface area contributed by atoms with Crippen LogP contribution in [0.15, 0.2) is 0 Å². The first-order chi connectivity index (χ1) is 10.1. The van der Waals surface area contributed by atoms with Gasteiger partial charge in [-0.05, 0) is 50.6 Å². The Balaban J connectivity index is 1.43. The fourth-order valence-electron chi connectivity index (χ4n) is 4.18. The van der Waals surface area contributed by atoms with Gasteiger partial charge < -0.3 is 20.6 Å². The predicted molar refractivity (Wildman–Crippen MR) is 78.0 cm³/mol. The van der Waals surface area contributed by atoms with E-state index in [0.717, 1.165) is 38.9 Å². The van der Waals surface area contributed by atoms with E-state index in [9.17, 15) is 9.59 Å². The summed E-state index contributed by atoms with van der Waals surface area (Å²) in [5.41, 5.74) is 0. The Bertz CT molecular complexity index is 407. The molecule has 1 aliphatic carbocycles. The maximum atomic E-state index is 12.0. The van der Waals surface area contributed by atoms with Crippen LogP contribution in [0.4, 0.5) is 4.79 Å². The van der Waals surface area contributed by atoms with Crippen molar-refractivity contribution < 1.29 is 14.7 Å². The molecule has 0 aromatic rings. The third-order valence-electron chi connectivity index (χ3n) is 5.47. The van der Waals surface area contributed by atoms with Gasteiger partial charge in [-0.2, -0.15) is 0 Å². The maximum Gasteiger partial charge on any atom is 0.315 e. The molecule has 2 bridgehead atoms. The van der Waals surface area contributed by atoms with Gasteiger partial charge in [-0.1, -0.05) is 6.42 Å². The van der Waals surface area contributed by atoms with Crippen molar-refractivity contribution in [3.8, 4) is 0 Å². The van der Waals surface area contributed by atoms with Gasteiger partial charge in [-0.25, -0.2) is 4.79 Å². The highest BCUT2D eigenvalue weighted by atomic mass is 16.4. The number of hydrogen-bond donors (Lipinski definition) is 3. The summed E-state index contributed by atoms with van der Waals surface area (Å²) in [7, 11) is 0. The van der Waals surface area contributed by atoms with Crippen LogP contribution in [0.5, 0.6) is 0 Å². The Morgan fingerprint density at radius 1 is 1.14 bits per heavy atom. The standard InChI is InChI=1S/C15H25N3O3/c19-14(20)12-3-1-2-11(12)8-16-15(21)17-13-9-18-6-4-10(13)5-7-18/h10-13H,1-9H2,(H,19,20)(H2,16,17,21). The number of urea groups is 1. The zero-order chi connectivity index (χ0) is 14.8. The lowest BCUT2D eigenvalue weighted by molar-refractivity contribution is -0.142. The third kappa shape index (κ3) is 3.31. The number of rotatable bonds is 4. The molecule has 0 spiro atoms. The molecule has 0 radical (unpaired) electrons. The van der Waals surface area contributed by atoms with Gasteiger partial charge in [0.25, 0.3) is 0 Å². The smallest absolute Gasteiger partial charge is 0.315 e. The SMILES string of the molecule is O=C(NCC1CCCC1C(=O)O)NC1CN2CCC1CC2. The Morgan fingerprint density at radius 3 is 2.52 bits per heavy atom.